The topological polar surface area (TPSA) is 86.9 Å². The fraction of sp³-hybridized carbons (Fsp3) is 0.320. The minimum absolute atomic E-state index is 0.0417. The first-order valence-electron chi connectivity index (χ1n) is 11.5. The number of piperazine rings is 1. The summed E-state index contributed by atoms with van der Waals surface area (Å²) in [6, 6.07) is 11.1. The first-order valence-corrected chi connectivity index (χ1v) is 11.5. The third-order valence-corrected chi connectivity index (χ3v) is 5.77. The van der Waals surface area contributed by atoms with E-state index in [1.807, 2.05) is 4.90 Å². The third-order valence-electron chi connectivity index (χ3n) is 5.77. The van der Waals surface area contributed by atoms with Gasteiger partial charge in [0.25, 0.3) is 0 Å². The van der Waals surface area contributed by atoms with Gasteiger partial charge in [0.2, 0.25) is 5.91 Å². The third kappa shape index (κ3) is 8.19. The Morgan fingerprint density at radius 1 is 0.949 bits per heavy atom. The lowest BCUT2D eigenvalue weighted by Crippen LogP contribution is -2.48. The largest absolute Gasteiger partial charge is 0.490 e. The van der Waals surface area contributed by atoms with Crippen LogP contribution in [0.5, 0.6) is 0 Å². The van der Waals surface area contributed by atoms with Gasteiger partial charge in [-0.25, -0.2) is 9.18 Å². The van der Waals surface area contributed by atoms with E-state index in [0.29, 0.717) is 49.6 Å². The van der Waals surface area contributed by atoms with E-state index in [1.165, 1.54) is 18.2 Å². The molecule has 0 spiro atoms. The molecule has 1 aliphatic rings. The minimum atomic E-state index is -5.08. The smallest absolute Gasteiger partial charge is 0.475 e. The second kappa shape index (κ2) is 12.2. The van der Waals surface area contributed by atoms with Crippen molar-refractivity contribution in [1.82, 2.24) is 10.1 Å². The first-order chi connectivity index (χ1) is 18.3. The number of halogens is 7. The number of aliphatic carboxylic acids is 1. The number of carbonyl (C=O) groups is 2. The van der Waals surface area contributed by atoms with Gasteiger partial charge < -0.3 is 19.4 Å². The number of benzene rings is 2. The summed E-state index contributed by atoms with van der Waals surface area (Å²) in [5.41, 5.74) is 1.26. The van der Waals surface area contributed by atoms with Crippen molar-refractivity contribution in [2.24, 2.45) is 0 Å². The van der Waals surface area contributed by atoms with Crippen LogP contribution >= 0.6 is 0 Å². The lowest BCUT2D eigenvalue weighted by Gasteiger charge is -2.36. The predicted octanol–water partition coefficient (Wildman–Crippen LogP) is 5.41. The SMILES string of the molecule is O=C(CCc1cnoc1-c1ccc(F)cc1)N1CCN(c2cccc(C(F)(F)F)c2)CC1.O=C(O)C(F)(F)F. The van der Waals surface area contributed by atoms with Crippen LogP contribution in [0.2, 0.25) is 0 Å². The maximum Gasteiger partial charge on any atom is 0.490 e. The van der Waals surface area contributed by atoms with E-state index in [2.05, 4.69) is 5.16 Å². The summed E-state index contributed by atoms with van der Waals surface area (Å²) in [7, 11) is 0. The number of anilines is 1. The Kier molecular flexibility index (Phi) is 9.20. The summed E-state index contributed by atoms with van der Waals surface area (Å²) in [5, 5.41) is 10.9. The van der Waals surface area contributed by atoms with Gasteiger partial charge in [0.1, 0.15) is 5.82 Å². The van der Waals surface area contributed by atoms with Crippen molar-refractivity contribution < 1.29 is 50.0 Å². The molecule has 1 amide bonds. The summed E-state index contributed by atoms with van der Waals surface area (Å²) >= 11 is 0. The van der Waals surface area contributed by atoms with Crippen molar-refractivity contribution >= 4 is 17.6 Å². The van der Waals surface area contributed by atoms with Gasteiger partial charge in [0.05, 0.1) is 11.8 Å². The molecule has 1 aromatic heterocycles. The highest BCUT2D eigenvalue weighted by molar-refractivity contribution is 5.77. The average Bonchev–Trinajstić information content (AvgIpc) is 3.36. The maximum absolute atomic E-state index is 13.1. The number of carbonyl (C=O) groups excluding carboxylic acids is 1. The lowest BCUT2D eigenvalue weighted by molar-refractivity contribution is -0.192. The van der Waals surface area contributed by atoms with E-state index >= 15 is 0 Å². The zero-order valence-electron chi connectivity index (χ0n) is 20.1. The zero-order chi connectivity index (χ0) is 28.8. The van der Waals surface area contributed by atoms with Gasteiger partial charge in [-0.3, -0.25) is 4.79 Å². The highest BCUT2D eigenvalue weighted by Crippen LogP contribution is 2.32. The van der Waals surface area contributed by atoms with Gasteiger partial charge in [0, 0.05) is 49.4 Å². The number of alkyl halides is 6. The second-order valence-corrected chi connectivity index (χ2v) is 8.41. The van der Waals surface area contributed by atoms with Gasteiger partial charge in [-0.2, -0.15) is 26.3 Å². The van der Waals surface area contributed by atoms with E-state index in [1.54, 1.807) is 29.3 Å². The number of rotatable bonds is 5. The lowest BCUT2D eigenvalue weighted by atomic mass is 10.0. The molecule has 39 heavy (non-hydrogen) atoms. The summed E-state index contributed by atoms with van der Waals surface area (Å²) in [4.78, 5) is 25.1. The summed E-state index contributed by atoms with van der Waals surface area (Å²) < 4.78 is 89.0. The van der Waals surface area contributed by atoms with Gasteiger partial charge in [0.15, 0.2) is 5.76 Å². The molecule has 0 unspecified atom stereocenters. The molecule has 1 N–H and O–H groups in total. The molecule has 0 bridgehead atoms. The van der Waals surface area contributed by atoms with Crippen LogP contribution in [0.15, 0.2) is 59.3 Å². The monoisotopic (exact) mass is 561 g/mol. The molecule has 7 nitrogen and oxygen atoms in total. The second-order valence-electron chi connectivity index (χ2n) is 8.41. The van der Waals surface area contributed by atoms with Gasteiger partial charge in [-0.1, -0.05) is 11.2 Å². The average molecular weight is 561 g/mol. The molecule has 3 aromatic rings. The van der Waals surface area contributed by atoms with Crippen LogP contribution in [0.25, 0.3) is 11.3 Å². The van der Waals surface area contributed by atoms with Crippen LogP contribution in [0, 0.1) is 5.82 Å². The number of carboxylic acid groups (broad SMARTS) is 1. The maximum atomic E-state index is 13.1. The fourth-order valence-corrected chi connectivity index (χ4v) is 3.77. The number of nitrogens with zero attached hydrogens (tertiary/aromatic N) is 3. The van der Waals surface area contributed by atoms with E-state index in [0.717, 1.165) is 17.7 Å². The molecule has 4 rings (SSSR count). The Bertz CT molecular complexity index is 1270. The fourth-order valence-electron chi connectivity index (χ4n) is 3.77. The number of amides is 1. The van der Waals surface area contributed by atoms with E-state index in [4.69, 9.17) is 14.4 Å². The molecule has 1 fully saturated rings. The van der Waals surface area contributed by atoms with Crippen LogP contribution in [0.3, 0.4) is 0 Å². The molecular formula is C25H22F7N3O4. The van der Waals surface area contributed by atoms with Crippen molar-refractivity contribution in [3.63, 3.8) is 0 Å². The van der Waals surface area contributed by atoms with E-state index < -0.39 is 23.9 Å². The number of aromatic nitrogens is 1. The molecule has 1 aliphatic heterocycles. The van der Waals surface area contributed by atoms with Crippen molar-refractivity contribution in [3.05, 3.63) is 71.7 Å². The molecular weight excluding hydrogens is 539 g/mol. The highest BCUT2D eigenvalue weighted by atomic mass is 19.4. The number of hydrogen-bond acceptors (Lipinski definition) is 5. The molecule has 0 atom stereocenters. The summed E-state index contributed by atoms with van der Waals surface area (Å²) in [5.74, 6) is -2.64. The van der Waals surface area contributed by atoms with E-state index in [-0.39, 0.29) is 18.1 Å². The van der Waals surface area contributed by atoms with Gasteiger partial charge in [-0.15, -0.1) is 0 Å². The van der Waals surface area contributed by atoms with Crippen molar-refractivity contribution in [3.8, 4) is 11.3 Å². The molecule has 2 heterocycles. The van der Waals surface area contributed by atoms with Gasteiger partial charge in [-0.05, 0) is 48.9 Å². The van der Waals surface area contributed by atoms with Crippen LogP contribution in [-0.2, 0) is 22.2 Å². The molecule has 14 heteroatoms. The molecule has 2 aromatic carbocycles. The molecule has 0 aliphatic carbocycles. The summed E-state index contributed by atoms with van der Waals surface area (Å²) in [6.07, 6.45) is -7.25. The number of hydrogen-bond donors (Lipinski definition) is 1. The Morgan fingerprint density at radius 2 is 1.56 bits per heavy atom. The zero-order valence-corrected chi connectivity index (χ0v) is 20.1. The Balaban J connectivity index is 0.000000532. The molecule has 0 saturated carbocycles. The quantitative estimate of drug-likeness (QED) is 0.419. The predicted molar refractivity (Wildman–Crippen MR) is 124 cm³/mol. The Hall–Kier alpha value is -4.10. The Labute approximate surface area is 217 Å². The first kappa shape index (κ1) is 29.5. The van der Waals surface area contributed by atoms with Crippen LogP contribution in [-0.4, -0.2) is 59.4 Å². The highest BCUT2D eigenvalue weighted by Gasteiger charge is 2.38. The standard InChI is InChI=1S/C23H21F4N3O2.C2HF3O2/c24-19-7-4-16(5-8-19)22-17(15-28-32-22)6-9-21(31)30-12-10-29(11-13-30)20-3-1-2-18(14-20)23(25,26)27;3-2(4,5)1(6)7/h1-5,7-8,14-15H,6,9-13H2;(H,6,7). The summed E-state index contributed by atoms with van der Waals surface area (Å²) in [6.45, 7) is 1.79. The van der Waals surface area contributed by atoms with Crippen molar-refractivity contribution in [2.45, 2.75) is 25.2 Å². The van der Waals surface area contributed by atoms with Crippen LogP contribution in [0.1, 0.15) is 17.5 Å². The normalized spacial score (nSPS) is 14.0. The van der Waals surface area contributed by atoms with E-state index in [9.17, 15) is 35.5 Å². The minimum Gasteiger partial charge on any atom is -0.475 e. The molecule has 0 radical (unpaired) electrons. The van der Waals surface area contributed by atoms with Crippen molar-refractivity contribution in [1.29, 1.82) is 0 Å². The molecule has 210 valence electrons. The molecule has 1 saturated heterocycles. The Morgan fingerprint density at radius 3 is 2.13 bits per heavy atom. The number of carboxylic acids is 1. The van der Waals surface area contributed by atoms with Crippen LogP contribution < -0.4 is 4.90 Å². The number of aryl methyl sites for hydroxylation is 1. The van der Waals surface area contributed by atoms with Crippen LogP contribution in [0.4, 0.5) is 36.4 Å². The van der Waals surface area contributed by atoms with Crippen molar-refractivity contribution in [2.75, 3.05) is 31.1 Å². The van der Waals surface area contributed by atoms with Gasteiger partial charge >= 0.3 is 18.3 Å².